The monoisotopic (exact) mass is 427 g/mol. The fourth-order valence-electron chi connectivity index (χ4n) is 3.52. The largest absolute Gasteiger partial charge is 0.480 e. The summed E-state index contributed by atoms with van der Waals surface area (Å²) in [7, 11) is -1.72. The first kappa shape index (κ1) is 21.7. The lowest BCUT2D eigenvalue weighted by atomic mass is 10.1. The summed E-state index contributed by atoms with van der Waals surface area (Å²) in [6, 6.07) is -0.0376. The Balaban J connectivity index is 1.82. The number of carbonyl (C=O) groups excluding carboxylic acids is 1. The first-order chi connectivity index (χ1) is 13.6. The van der Waals surface area contributed by atoms with E-state index < -0.39 is 21.8 Å². The number of nitrogens with zero attached hydrogens (tertiary/aromatic N) is 4. The molecule has 0 aromatic heterocycles. The maximum atomic E-state index is 12.7. The Morgan fingerprint density at radius 2 is 2.10 bits per heavy atom. The van der Waals surface area contributed by atoms with Crippen molar-refractivity contribution in [1.82, 2.24) is 19.8 Å². The topological polar surface area (TPSA) is 142 Å². The molecule has 3 heterocycles. The fourth-order valence-corrected chi connectivity index (χ4v) is 4.40. The predicted molar refractivity (Wildman–Crippen MR) is 109 cm³/mol. The number of aliphatic imine (C=N–C) groups is 2. The number of carbonyl (C=O) groups is 1. The van der Waals surface area contributed by atoms with Crippen molar-refractivity contribution in [3.8, 4) is 0 Å². The summed E-state index contributed by atoms with van der Waals surface area (Å²) in [6.45, 7) is 4.82. The maximum Gasteiger partial charge on any atom is 0.277 e. The minimum atomic E-state index is -3.21. The molecule has 162 valence electrons. The Bertz CT molecular complexity index is 861. The average molecular weight is 428 g/mol. The maximum absolute atomic E-state index is 12.7. The minimum Gasteiger partial charge on any atom is -0.480 e. The number of piperidine rings is 1. The second-order valence-corrected chi connectivity index (χ2v) is 9.52. The van der Waals surface area contributed by atoms with Crippen LogP contribution in [-0.2, 0) is 19.6 Å². The third-order valence-corrected chi connectivity index (χ3v) is 6.65. The van der Waals surface area contributed by atoms with E-state index in [-0.39, 0.29) is 17.8 Å². The molecule has 0 aliphatic carbocycles. The van der Waals surface area contributed by atoms with E-state index in [0.717, 1.165) is 6.42 Å². The Morgan fingerprint density at radius 3 is 2.66 bits per heavy atom. The fraction of sp³-hybridized carbons (Fsp3) is 0.706. The van der Waals surface area contributed by atoms with E-state index in [0.29, 0.717) is 37.6 Å². The third-order valence-electron chi connectivity index (χ3n) is 5.35. The summed E-state index contributed by atoms with van der Waals surface area (Å²) in [5.74, 6) is -1.25. The number of nitrogens with two attached hydrogens (primary N) is 1. The Labute approximate surface area is 171 Å². The highest BCUT2D eigenvalue weighted by Gasteiger charge is 2.42. The van der Waals surface area contributed by atoms with Gasteiger partial charge in [0.05, 0.1) is 19.6 Å². The van der Waals surface area contributed by atoms with Crippen molar-refractivity contribution < 1.29 is 17.9 Å². The molecule has 29 heavy (non-hydrogen) atoms. The lowest BCUT2D eigenvalue weighted by Gasteiger charge is -2.41. The molecule has 0 bridgehead atoms. The lowest BCUT2D eigenvalue weighted by molar-refractivity contribution is -0.117. The van der Waals surface area contributed by atoms with Gasteiger partial charge in [-0.05, 0) is 26.2 Å². The van der Waals surface area contributed by atoms with Crippen LogP contribution in [0.5, 0.6) is 0 Å². The number of fused-ring (bicyclic) bond motifs is 1. The number of sulfonamides is 1. The summed E-state index contributed by atoms with van der Waals surface area (Å²) in [5.41, 5.74) is 6.53. The minimum absolute atomic E-state index is 0.0533. The highest BCUT2D eigenvalue weighted by Crippen LogP contribution is 2.21. The number of rotatable bonds is 6. The van der Waals surface area contributed by atoms with E-state index in [1.807, 2.05) is 18.7 Å². The molecule has 1 saturated heterocycles. The van der Waals surface area contributed by atoms with Crippen LogP contribution in [0.1, 0.15) is 33.1 Å². The summed E-state index contributed by atoms with van der Waals surface area (Å²) >= 11 is 0. The number of ether oxygens (including phenoxy) is 1. The first-order valence-corrected chi connectivity index (χ1v) is 11.5. The van der Waals surface area contributed by atoms with Gasteiger partial charge in [-0.15, -0.1) is 0 Å². The van der Waals surface area contributed by atoms with Crippen molar-refractivity contribution in [2.24, 2.45) is 15.7 Å². The molecule has 4 N–H and O–H groups in total. The molecular weight excluding hydrogens is 398 g/mol. The average Bonchev–Trinajstić information content (AvgIpc) is 2.66. The highest BCUT2D eigenvalue weighted by molar-refractivity contribution is 7.88. The SMILES string of the molecule is CCC(C)N1C=C(OC)N=C2C(=O)NC(N)(NC3CCN(S(C)(=O)=O)CC3)N=C21. The molecule has 2 atom stereocenters. The van der Waals surface area contributed by atoms with Gasteiger partial charge in [-0.25, -0.2) is 22.7 Å². The molecule has 11 nitrogen and oxygen atoms in total. The van der Waals surface area contributed by atoms with Crippen LogP contribution in [0.25, 0.3) is 0 Å². The number of amidine groups is 1. The van der Waals surface area contributed by atoms with Gasteiger partial charge in [0, 0.05) is 25.2 Å². The number of hydrogen-bond donors (Lipinski definition) is 3. The molecule has 2 unspecified atom stereocenters. The van der Waals surface area contributed by atoms with Gasteiger partial charge in [-0.3, -0.25) is 15.8 Å². The van der Waals surface area contributed by atoms with E-state index in [1.165, 1.54) is 17.7 Å². The van der Waals surface area contributed by atoms with Gasteiger partial charge < -0.3 is 15.0 Å². The summed E-state index contributed by atoms with van der Waals surface area (Å²) < 4.78 is 30.0. The molecular formula is C17H29N7O4S. The summed E-state index contributed by atoms with van der Waals surface area (Å²) in [5, 5.41) is 5.85. The molecule has 0 saturated carbocycles. The van der Waals surface area contributed by atoms with Crippen molar-refractivity contribution in [1.29, 1.82) is 0 Å². The van der Waals surface area contributed by atoms with E-state index in [4.69, 9.17) is 10.5 Å². The van der Waals surface area contributed by atoms with Crippen molar-refractivity contribution in [2.45, 2.75) is 51.1 Å². The normalized spacial score (nSPS) is 27.4. The van der Waals surface area contributed by atoms with Crippen molar-refractivity contribution in [3.05, 3.63) is 12.1 Å². The second-order valence-electron chi connectivity index (χ2n) is 7.53. The molecule has 0 aromatic rings. The molecule has 3 rings (SSSR count). The van der Waals surface area contributed by atoms with Gasteiger partial charge in [0.2, 0.25) is 21.8 Å². The standard InChI is InChI=1S/C17H29N7O4S/c1-5-11(2)24-10-13(28-3)19-14-15(24)21-17(18,22-16(14)25)20-12-6-8-23(9-7-12)29(4,26)27/h10-12,20H,5-9,18H2,1-4H3,(H,22,25). The summed E-state index contributed by atoms with van der Waals surface area (Å²) in [4.78, 5) is 23.4. The number of amides is 1. The molecule has 12 heteroatoms. The zero-order chi connectivity index (χ0) is 21.4. The zero-order valence-corrected chi connectivity index (χ0v) is 18.0. The Hall–Kier alpha value is -2.02. The summed E-state index contributed by atoms with van der Waals surface area (Å²) in [6.07, 6.45) is 4.86. The van der Waals surface area contributed by atoms with Gasteiger partial charge in [0.25, 0.3) is 5.91 Å². The highest BCUT2D eigenvalue weighted by atomic mass is 32.2. The van der Waals surface area contributed by atoms with E-state index >= 15 is 0 Å². The van der Waals surface area contributed by atoms with E-state index in [1.54, 1.807) is 6.20 Å². The first-order valence-electron chi connectivity index (χ1n) is 9.63. The molecule has 1 amide bonds. The molecule has 1 fully saturated rings. The van der Waals surface area contributed by atoms with Gasteiger partial charge >= 0.3 is 0 Å². The molecule has 0 radical (unpaired) electrons. The molecule has 3 aliphatic heterocycles. The van der Waals surface area contributed by atoms with Crippen LogP contribution >= 0.6 is 0 Å². The van der Waals surface area contributed by atoms with Crippen molar-refractivity contribution >= 4 is 27.5 Å². The van der Waals surface area contributed by atoms with Crippen molar-refractivity contribution in [2.75, 3.05) is 26.5 Å². The van der Waals surface area contributed by atoms with Gasteiger partial charge in [0.1, 0.15) is 0 Å². The zero-order valence-electron chi connectivity index (χ0n) is 17.2. The Morgan fingerprint density at radius 1 is 1.45 bits per heavy atom. The van der Waals surface area contributed by atoms with Crippen LogP contribution in [-0.4, -0.2) is 79.5 Å². The number of methoxy groups -OCH3 is 1. The number of nitrogens with one attached hydrogen (secondary N) is 2. The molecule has 3 aliphatic rings. The Kier molecular flexibility index (Phi) is 5.99. The van der Waals surface area contributed by atoms with Gasteiger partial charge in [-0.2, -0.15) is 0 Å². The van der Waals surface area contributed by atoms with Crippen LogP contribution in [0.4, 0.5) is 0 Å². The predicted octanol–water partition coefficient (Wildman–Crippen LogP) is -0.901. The van der Waals surface area contributed by atoms with Crippen LogP contribution < -0.4 is 16.4 Å². The smallest absolute Gasteiger partial charge is 0.277 e. The second kappa shape index (κ2) is 8.01. The van der Waals surface area contributed by atoms with Crippen LogP contribution in [0.2, 0.25) is 0 Å². The van der Waals surface area contributed by atoms with Crippen LogP contribution in [0.3, 0.4) is 0 Å². The third kappa shape index (κ3) is 4.60. The van der Waals surface area contributed by atoms with Gasteiger partial charge in [0.15, 0.2) is 11.5 Å². The van der Waals surface area contributed by atoms with Crippen LogP contribution in [0.15, 0.2) is 22.1 Å². The van der Waals surface area contributed by atoms with Crippen LogP contribution in [0, 0.1) is 0 Å². The molecule has 0 aromatic carbocycles. The van der Waals surface area contributed by atoms with Gasteiger partial charge in [-0.1, -0.05) is 6.92 Å². The van der Waals surface area contributed by atoms with Crippen molar-refractivity contribution in [3.63, 3.8) is 0 Å². The molecule has 0 spiro atoms. The van der Waals surface area contributed by atoms with E-state index in [9.17, 15) is 13.2 Å². The quantitative estimate of drug-likeness (QED) is 0.466. The van der Waals surface area contributed by atoms with E-state index in [2.05, 4.69) is 20.6 Å². The number of hydrogen-bond acceptors (Lipinski definition) is 9. The lowest BCUT2D eigenvalue weighted by Crippen LogP contribution is -2.72.